The lowest BCUT2D eigenvalue weighted by atomic mass is 10.2. The fourth-order valence-corrected chi connectivity index (χ4v) is 2.89. The van der Waals surface area contributed by atoms with Gasteiger partial charge in [0, 0.05) is 0 Å². The molecule has 0 aliphatic carbocycles. The first-order chi connectivity index (χ1) is 11.3. The molecular formula is C9H11F6N3O6S2. The summed E-state index contributed by atoms with van der Waals surface area (Å²) in [5.74, 6) is -0.587. The van der Waals surface area contributed by atoms with Crippen LogP contribution in [0.25, 0.3) is 4.13 Å². The third-order valence-corrected chi connectivity index (χ3v) is 5.21. The molecule has 17 heteroatoms. The van der Waals surface area contributed by atoms with Crippen LogP contribution in [0.15, 0.2) is 12.4 Å². The summed E-state index contributed by atoms with van der Waals surface area (Å²) in [6.07, 6.45) is 3.50. The van der Waals surface area contributed by atoms with Gasteiger partial charge in [0.15, 0.2) is 26.0 Å². The van der Waals surface area contributed by atoms with Gasteiger partial charge >= 0.3 is 17.0 Å². The molecule has 1 rings (SSSR count). The quantitative estimate of drug-likeness (QED) is 0.536. The predicted octanol–water partition coefficient (Wildman–Crippen LogP) is 1.09. The Morgan fingerprint density at radius 2 is 1.50 bits per heavy atom. The maximum Gasteiger partial charge on any atom is 0.480 e. The molecule has 2 N–H and O–H groups in total. The van der Waals surface area contributed by atoms with E-state index in [1.165, 1.54) is 0 Å². The smallest absolute Gasteiger partial charge is 0.480 e. The molecule has 1 aromatic rings. The standard InChI is InChI=1S/C7H10N2O2.C2F6NO4S2/c1-5(7(10)11)6-8-3-4-9(6)2;3-1(4,5)14(10,11)9-15(12,13)2(6,7)8/h3-5H,1-2H3,(H,10,11);/q;-1/p+1. The minimum atomic E-state index is -6.72. The van der Waals surface area contributed by atoms with Gasteiger partial charge in [-0.25, -0.2) is 26.4 Å². The zero-order valence-corrected chi connectivity index (χ0v) is 14.3. The van der Waals surface area contributed by atoms with E-state index in [1.807, 2.05) is 7.05 Å². The number of hydrogen-bond acceptors (Lipinski definition) is 5. The maximum absolute atomic E-state index is 11.4. The number of aryl methyl sites for hydroxylation is 1. The molecule has 0 aromatic carbocycles. The lowest BCUT2D eigenvalue weighted by Gasteiger charge is -2.22. The van der Waals surface area contributed by atoms with Crippen molar-refractivity contribution in [3.63, 3.8) is 0 Å². The van der Waals surface area contributed by atoms with Gasteiger partial charge in [0.1, 0.15) is 12.4 Å². The van der Waals surface area contributed by atoms with Crippen molar-refractivity contribution in [1.82, 2.24) is 4.98 Å². The van der Waals surface area contributed by atoms with E-state index < -0.39 is 43.0 Å². The van der Waals surface area contributed by atoms with Crippen LogP contribution in [0.3, 0.4) is 0 Å². The molecule has 0 spiro atoms. The van der Waals surface area contributed by atoms with E-state index in [-0.39, 0.29) is 0 Å². The molecule has 0 aliphatic heterocycles. The summed E-state index contributed by atoms with van der Waals surface area (Å²) in [6.45, 7) is 1.65. The van der Waals surface area contributed by atoms with E-state index in [4.69, 9.17) is 5.11 Å². The van der Waals surface area contributed by atoms with Crippen LogP contribution in [0, 0.1) is 0 Å². The molecule has 9 nitrogen and oxygen atoms in total. The van der Waals surface area contributed by atoms with Crippen LogP contribution < -0.4 is 4.57 Å². The van der Waals surface area contributed by atoms with E-state index in [9.17, 15) is 48.0 Å². The van der Waals surface area contributed by atoms with Gasteiger partial charge in [-0.05, 0) is 6.92 Å². The Kier molecular flexibility index (Phi) is 7.22. The van der Waals surface area contributed by atoms with Crippen LogP contribution in [0.1, 0.15) is 18.7 Å². The minimum absolute atomic E-state index is 0.477. The molecule has 1 aromatic heterocycles. The first-order valence-electron chi connectivity index (χ1n) is 5.96. The topological polar surface area (TPSA) is 139 Å². The van der Waals surface area contributed by atoms with E-state index >= 15 is 0 Å². The molecule has 0 amide bonds. The van der Waals surface area contributed by atoms with E-state index in [0.717, 1.165) is 4.13 Å². The van der Waals surface area contributed by atoms with Crippen LogP contribution in [0.2, 0.25) is 0 Å². The summed E-state index contributed by atoms with van der Waals surface area (Å²) < 4.78 is 111. The Labute approximate surface area is 142 Å². The molecule has 26 heavy (non-hydrogen) atoms. The van der Waals surface area contributed by atoms with Crippen molar-refractivity contribution in [2.75, 3.05) is 0 Å². The Hall–Kier alpha value is -1.88. The zero-order valence-electron chi connectivity index (χ0n) is 12.7. The first kappa shape index (κ1) is 24.1. The average molecular weight is 435 g/mol. The molecule has 0 fully saturated rings. The number of nitrogens with one attached hydrogen (secondary N) is 1. The number of hydrogen-bond donors (Lipinski definition) is 2. The minimum Gasteiger partial charge on any atom is -0.481 e. The number of aliphatic carboxylic acids is 1. The number of aromatic nitrogens is 2. The van der Waals surface area contributed by atoms with Gasteiger partial charge in [-0.3, -0.25) is 4.79 Å². The highest BCUT2D eigenvalue weighted by Crippen LogP contribution is 2.36. The van der Waals surface area contributed by atoms with Crippen molar-refractivity contribution >= 4 is 26.0 Å². The third-order valence-electron chi connectivity index (χ3n) is 2.47. The van der Waals surface area contributed by atoms with Crippen molar-refractivity contribution in [2.24, 2.45) is 7.05 Å². The number of halogens is 6. The van der Waals surface area contributed by atoms with E-state index in [1.54, 1.807) is 23.9 Å². The van der Waals surface area contributed by atoms with Crippen molar-refractivity contribution in [3.8, 4) is 0 Å². The van der Waals surface area contributed by atoms with Gasteiger partial charge in [-0.1, -0.05) is 0 Å². The molecule has 1 unspecified atom stereocenters. The van der Waals surface area contributed by atoms with Gasteiger partial charge in [0.25, 0.3) is 5.82 Å². The van der Waals surface area contributed by atoms with Gasteiger partial charge in [-0.15, -0.1) is 0 Å². The highest BCUT2D eigenvalue weighted by atomic mass is 32.3. The molecule has 0 radical (unpaired) electrons. The summed E-state index contributed by atoms with van der Waals surface area (Å²) in [7, 11) is -11.6. The molecule has 152 valence electrons. The van der Waals surface area contributed by atoms with Crippen molar-refractivity contribution in [3.05, 3.63) is 22.3 Å². The maximum atomic E-state index is 11.4. The number of nitrogens with zero attached hydrogens (tertiary/aromatic N) is 2. The number of sulfonamides is 2. The number of aromatic amines is 1. The van der Waals surface area contributed by atoms with E-state index in [0.29, 0.717) is 5.82 Å². The monoisotopic (exact) mass is 435 g/mol. The summed E-state index contributed by atoms with van der Waals surface area (Å²) in [5, 5.41) is 8.64. The summed E-state index contributed by atoms with van der Waals surface area (Å²) in [5.41, 5.74) is -12.4. The highest BCUT2D eigenvalue weighted by molar-refractivity contribution is 8.13. The summed E-state index contributed by atoms with van der Waals surface area (Å²) >= 11 is 0. The van der Waals surface area contributed by atoms with Gasteiger partial charge < -0.3 is 9.23 Å². The van der Waals surface area contributed by atoms with Crippen molar-refractivity contribution < 1.29 is 57.6 Å². The Balaban J connectivity index is 0.000000502. The second-order valence-electron chi connectivity index (χ2n) is 4.43. The Morgan fingerprint density at radius 1 is 1.12 bits per heavy atom. The Morgan fingerprint density at radius 3 is 1.73 bits per heavy atom. The second-order valence-corrected chi connectivity index (χ2v) is 7.85. The van der Waals surface area contributed by atoms with Crippen LogP contribution >= 0.6 is 0 Å². The molecule has 1 heterocycles. The molecule has 1 atom stereocenters. The molecule has 0 saturated carbocycles. The lowest BCUT2D eigenvalue weighted by Crippen LogP contribution is -2.33. The molecular weight excluding hydrogens is 424 g/mol. The van der Waals surface area contributed by atoms with Gasteiger partial charge in [0.2, 0.25) is 0 Å². The number of carbonyl (C=O) groups is 1. The van der Waals surface area contributed by atoms with Crippen LogP contribution in [-0.4, -0.2) is 43.9 Å². The molecule has 0 saturated heterocycles. The summed E-state index contributed by atoms with van der Waals surface area (Å²) in [6, 6.07) is 0. The largest absolute Gasteiger partial charge is 0.481 e. The fourth-order valence-electron chi connectivity index (χ4n) is 1.18. The molecule has 0 aliphatic rings. The SMILES string of the molecule is CC(C(=O)O)c1[nH]cc[n+]1C.O=S(=O)([N-]S(=O)(=O)C(F)(F)F)C(F)(F)F. The van der Waals surface area contributed by atoms with Crippen LogP contribution in [0.5, 0.6) is 0 Å². The number of imidazole rings is 1. The van der Waals surface area contributed by atoms with Crippen molar-refractivity contribution in [1.29, 1.82) is 0 Å². The van der Waals surface area contributed by atoms with Gasteiger partial charge in [0.05, 0.1) is 7.05 Å². The highest BCUT2D eigenvalue weighted by Gasteiger charge is 2.46. The fraction of sp³-hybridized carbons (Fsp3) is 0.556. The predicted molar refractivity (Wildman–Crippen MR) is 71.3 cm³/mol. The Bertz CT molecular complexity index is 800. The normalized spacial score (nSPS) is 14.3. The number of carboxylic acid groups (broad SMARTS) is 1. The lowest BCUT2D eigenvalue weighted by molar-refractivity contribution is -0.678. The molecule has 0 bridgehead atoms. The number of alkyl halides is 6. The number of carboxylic acids is 1. The third kappa shape index (κ3) is 6.13. The first-order valence-corrected chi connectivity index (χ1v) is 8.84. The average Bonchev–Trinajstić information content (AvgIpc) is 2.80. The van der Waals surface area contributed by atoms with E-state index in [2.05, 4.69) is 4.98 Å². The number of rotatable bonds is 4. The van der Waals surface area contributed by atoms with Gasteiger partial charge in [-0.2, -0.15) is 26.3 Å². The van der Waals surface area contributed by atoms with Crippen LogP contribution in [0.4, 0.5) is 26.3 Å². The zero-order chi connectivity index (χ0) is 21.1. The summed E-state index contributed by atoms with van der Waals surface area (Å²) in [4.78, 5) is 13.4. The van der Waals surface area contributed by atoms with Crippen molar-refractivity contribution in [2.45, 2.75) is 23.9 Å². The van der Waals surface area contributed by atoms with Crippen LogP contribution in [-0.2, 0) is 31.9 Å². The number of H-pyrrole nitrogens is 1. The second kappa shape index (κ2) is 7.78.